The van der Waals surface area contributed by atoms with Gasteiger partial charge in [0.15, 0.2) is 5.65 Å². The molecule has 122 valence electrons. The number of fused-ring (bicyclic) bond motifs is 1. The van der Waals surface area contributed by atoms with Crippen molar-refractivity contribution in [2.24, 2.45) is 0 Å². The summed E-state index contributed by atoms with van der Waals surface area (Å²) < 4.78 is 0. The molecule has 0 bridgehead atoms. The van der Waals surface area contributed by atoms with Crippen LogP contribution in [0.25, 0.3) is 11.2 Å². The smallest absolute Gasteiger partial charge is 0.255 e. The molecule has 6 nitrogen and oxygen atoms in total. The number of aryl methyl sites for hydroxylation is 1. The van der Waals surface area contributed by atoms with Crippen molar-refractivity contribution in [3.05, 3.63) is 53.7 Å². The van der Waals surface area contributed by atoms with Crippen LogP contribution in [0.5, 0.6) is 0 Å². The van der Waals surface area contributed by atoms with Gasteiger partial charge in [-0.2, -0.15) is 0 Å². The van der Waals surface area contributed by atoms with Crippen LogP contribution in [0.2, 0.25) is 0 Å². The summed E-state index contributed by atoms with van der Waals surface area (Å²) in [5.41, 5.74) is 4.49. The van der Waals surface area contributed by atoms with Gasteiger partial charge in [-0.05, 0) is 38.0 Å². The summed E-state index contributed by atoms with van der Waals surface area (Å²) in [5, 5.41) is 0. The second kappa shape index (κ2) is 6.03. The van der Waals surface area contributed by atoms with Crippen molar-refractivity contribution >= 4 is 17.1 Å². The van der Waals surface area contributed by atoms with Crippen LogP contribution < -0.4 is 0 Å². The number of carbonyl (C=O) groups is 1. The Hall–Kier alpha value is -2.76. The molecule has 0 aromatic carbocycles. The molecule has 0 atom stereocenters. The number of H-pyrrole nitrogens is 1. The Morgan fingerprint density at radius 3 is 2.88 bits per heavy atom. The van der Waals surface area contributed by atoms with E-state index in [9.17, 15) is 4.79 Å². The second-order valence-electron chi connectivity index (χ2n) is 6.28. The average molecular weight is 321 g/mol. The number of hydrogen-bond donors (Lipinski definition) is 1. The van der Waals surface area contributed by atoms with Crippen LogP contribution in [0.1, 0.15) is 40.5 Å². The van der Waals surface area contributed by atoms with Crippen molar-refractivity contribution < 1.29 is 4.79 Å². The quantitative estimate of drug-likeness (QED) is 0.787. The molecule has 1 N–H and O–H groups in total. The van der Waals surface area contributed by atoms with Gasteiger partial charge in [0.1, 0.15) is 5.52 Å². The van der Waals surface area contributed by atoms with Gasteiger partial charge in [0.2, 0.25) is 0 Å². The lowest BCUT2D eigenvalue weighted by molar-refractivity contribution is 0.0712. The molecule has 1 aliphatic heterocycles. The zero-order valence-electron chi connectivity index (χ0n) is 13.6. The highest BCUT2D eigenvalue weighted by atomic mass is 16.2. The summed E-state index contributed by atoms with van der Waals surface area (Å²) in [6.45, 7) is 3.46. The van der Waals surface area contributed by atoms with Crippen LogP contribution in [-0.2, 0) is 0 Å². The highest BCUT2D eigenvalue weighted by Gasteiger charge is 2.25. The number of nitrogens with one attached hydrogen (secondary N) is 1. The number of likely N-dealkylation sites (tertiary alicyclic amines) is 1. The van der Waals surface area contributed by atoms with Crippen molar-refractivity contribution in [1.29, 1.82) is 0 Å². The fourth-order valence-electron chi connectivity index (χ4n) is 3.29. The van der Waals surface area contributed by atoms with E-state index in [0.29, 0.717) is 11.5 Å². The molecule has 0 unspecified atom stereocenters. The Balaban J connectivity index is 1.46. The molecule has 0 spiro atoms. The SMILES string of the molecule is Cc1cnc2cc(C3CCN(C(=O)c4cccnc4)CC3)[nH]c2n1. The van der Waals surface area contributed by atoms with Gasteiger partial charge in [-0.25, -0.2) is 4.98 Å². The minimum Gasteiger partial charge on any atom is -0.342 e. The third-order valence-electron chi connectivity index (χ3n) is 4.61. The topological polar surface area (TPSA) is 74.8 Å². The van der Waals surface area contributed by atoms with E-state index in [1.165, 1.54) is 5.69 Å². The van der Waals surface area contributed by atoms with Crippen LogP contribution in [-0.4, -0.2) is 43.8 Å². The summed E-state index contributed by atoms with van der Waals surface area (Å²) in [6, 6.07) is 5.70. The number of amides is 1. The van der Waals surface area contributed by atoms with Crippen LogP contribution in [0.3, 0.4) is 0 Å². The molecule has 24 heavy (non-hydrogen) atoms. The Morgan fingerprint density at radius 1 is 1.29 bits per heavy atom. The average Bonchev–Trinajstić information content (AvgIpc) is 3.05. The summed E-state index contributed by atoms with van der Waals surface area (Å²) in [4.78, 5) is 30.7. The molecule has 6 heteroatoms. The fraction of sp³-hybridized carbons (Fsp3) is 0.333. The number of piperidine rings is 1. The van der Waals surface area contributed by atoms with E-state index >= 15 is 0 Å². The summed E-state index contributed by atoms with van der Waals surface area (Å²) in [6.07, 6.45) is 6.99. The number of pyridine rings is 1. The van der Waals surface area contributed by atoms with E-state index < -0.39 is 0 Å². The molecule has 0 radical (unpaired) electrons. The van der Waals surface area contributed by atoms with Gasteiger partial charge < -0.3 is 9.88 Å². The highest BCUT2D eigenvalue weighted by Crippen LogP contribution is 2.29. The maximum Gasteiger partial charge on any atom is 0.255 e. The minimum absolute atomic E-state index is 0.0668. The lowest BCUT2D eigenvalue weighted by Gasteiger charge is -2.31. The Bertz CT molecular complexity index is 866. The first-order valence-corrected chi connectivity index (χ1v) is 8.22. The largest absolute Gasteiger partial charge is 0.342 e. The standard InChI is InChI=1S/C18H19N5O/c1-12-10-20-16-9-15(22-17(16)21-12)13-4-7-23(8-5-13)18(24)14-3-2-6-19-11-14/h2-3,6,9-11,13H,4-5,7-8H2,1H3,(H,21,22). The van der Waals surface area contributed by atoms with Crippen molar-refractivity contribution in [2.45, 2.75) is 25.7 Å². The van der Waals surface area contributed by atoms with Gasteiger partial charge in [0.25, 0.3) is 5.91 Å². The van der Waals surface area contributed by atoms with Crippen molar-refractivity contribution in [3.63, 3.8) is 0 Å². The Labute approximate surface area is 140 Å². The van der Waals surface area contributed by atoms with Crippen LogP contribution >= 0.6 is 0 Å². The molecule has 1 fully saturated rings. The molecule has 0 aliphatic carbocycles. The zero-order chi connectivity index (χ0) is 16.5. The van der Waals surface area contributed by atoms with E-state index in [0.717, 1.165) is 42.8 Å². The first-order valence-electron chi connectivity index (χ1n) is 8.22. The van der Waals surface area contributed by atoms with E-state index in [1.54, 1.807) is 24.7 Å². The number of rotatable bonds is 2. The van der Waals surface area contributed by atoms with E-state index in [-0.39, 0.29) is 5.91 Å². The Kier molecular flexibility index (Phi) is 3.72. The molecule has 3 aromatic rings. The summed E-state index contributed by atoms with van der Waals surface area (Å²) in [5.74, 6) is 0.483. The summed E-state index contributed by atoms with van der Waals surface area (Å²) in [7, 11) is 0. The molecule has 1 amide bonds. The fourth-order valence-corrected chi connectivity index (χ4v) is 3.29. The zero-order valence-corrected chi connectivity index (χ0v) is 13.6. The monoisotopic (exact) mass is 321 g/mol. The third kappa shape index (κ3) is 2.75. The maximum absolute atomic E-state index is 12.5. The molecule has 1 saturated heterocycles. The molecule has 3 aromatic heterocycles. The van der Waals surface area contributed by atoms with E-state index in [2.05, 4.69) is 26.0 Å². The lowest BCUT2D eigenvalue weighted by atomic mass is 9.93. The maximum atomic E-state index is 12.5. The van der Waals surface area contributed by atoms with E-state index in [1.807, 2.05) is 17.9 Å². The van der Waals surface area contributed by atoms with Crippen LogP contribution in [0.4, 0.5) is 0 Å². The highest BCUT2D eigenvalue weighted by molar-refractivity contribution is 5.93. The second-order valence-corrected chi connectivity index (χ2v) is 6.28. The number of aromatic nitrogens is 4. The third-order valence-corrected chi connectivity index (χ3v) is 4.61. The molecule has 4 heterocycles. The summed E-state index contributed by atoms with van der Waals surface area (Å²) >= 11 is 0. The van der Waals surface area contributed by atoms with Crippen LogP contribution in [0, 0.1) is 6.92 Å². The molecule has 4 rings (SSSR count). The van der Waals surface area contributed by atoms with Gasteiger partial charge in [0, 0.05) is 43.3 Å². The minimum atomic E-state index is 0.0668. The van der Waals surface area contributed by atoms with Gasteiger partial charge >= 0.3 is 0 Å². The van der Waals surface area contributed by atoms with Crippen LogP contribution in [0.15, 0.2) is 36.8 Å². The van der Waals surface area contributed by atoms with Crippen molar-refractivity contribution in [1.82, 2.24) is 24.8 Å². The van der Waals surface area contributed by atoms with Gasteiger partial charge in [-0.15, -0.1) is 0 Å². The lowest BCUT2D eigenvalue weighted by Crippen LogP contribution is -2.38. The predicted octanol–water partition coefficient (Wildman–Crippen LogP) is 2.68. The number of aromatic amines is 1. The number of nitrogens with zero attached hydrogens (tertiary/aromatic N) is 4. The number of hydrogen-bond acceptors (Lipinski definition) is 4. The molecule has 1 aliphatic rings. The first-order chi connectivity index (χ1) is 11.7. The molecule has 0 saturated carbocycles. The predicted molar refractivity (Wildman–Crippen MR) is 90.7 cm³/mol. The van der Waals surface area contributed by atoms with Gasteiger partial charge in [0.05, 0.1) is 11.3 Å². The van der Waals surface area contributed by atoms with Gasteiger partial charge in [-0.1, -0.05) is 0 Å². The van der Waals surface area contributed by atoms with Crippen molar-refractivity contribution in [2.75, 3.05) is 13.1 Å². The number of carbonyl (C=O) groups excluding carboxylic acids is 1. The molecular weight excluding hydrogens is 302 g/mol. The Morgan fingerprint density at radius 2 is 2.12 bits per heavy atom. The van der Waals surface area contributed by atoms with Gasteiger partial charge in [-0.3, -0.25) is 14.8 Å². The first kappa shape index (κ1) is 14.8. The normalized spacial score (nSPS) is 15.8. The van der Waals surface area contributed by atoms with Crippen molar-refractivity contribution in [3.8, 4) is 0 Å². The molecular formula is C18H19N5O. The van der Waals surface area contributed by atoms with E-state index in [4.69, 9.17) is 0 Å².